The molecule has 0 aliphatic heterocycles. The summed E-state index contributed by atoms with van der Waals surface area (Å²) in [5.74, 6) is 0. The largest absolute Gasteiger partial charge is 0.446 e. The number of carbonyl (C=O) groups excluding carboxylic acids is 4. The van der Waals surface area contributed by atoms with Crippen molar-refractivity contribution >= 4 is 24.2 Å². The van der Waals surface area contributed by atoms with Crippen molar-refractivity contribution in [3.05, 3.63) is 0 Å². The van der Waals surface area contributed by atoms with Gasteiger partial charge in [-0.25, -0.2) is 29.8 Å². The highest BCUT2D eigenvalue weighted by Crippen LogP contribution is 1.81. The number of primary amides is 2. The highest BCUT2D eigenvalue weighted by molar-refractivity contribution is 5.90. The van der Waals surface area contributed by atoms with Crippen LogP contribution in [-0.2, 0) is 9.47 Å². The van der Waals surface area contributed by atoms with Gasteiger partial charge in [-0.3, -0.25) is 0 Å². The smallest absolute Gasteiger partial charge is 0.415 e. The minimum Gasteiger partial charge on any atom is -0.446 e. The molecule has 0 aliphatic carbocycles. The Bertz CT molecular complexity index is 273. The van der Waals surface area contributed by atoms with E-state index in [1.165, 1.54) is 0 Å². The maximum atomic E-state index is 10.6. The van der Waals surface area contributed by atoms with Crippen molar-refractivity contribution in [2.75, 3.05) is 13.2 Å². The molecule has 16 heavy (non-hydrogen) atoms. The number of ether oxygens (including phenoxy) is 2. The molecule has 6 N–H and O–H groups in total. The number of carbonyl (C=O) groups is 4. The van der Waals surface area contributed by atoms with Gasteiger partial charge in [-0.2, -0.15) is 0 Å². The maximum Gasteiger partial charge on any atom is 0.415 e. The molecule has 0 spiro atoms. The second-order valence-electron chi connectivity index (χ2n) is 2.25. The normalized spacial score (nSPS) is 8.75. The topological polar surface area (TPSA) is 163 Å². The lowest BCUT2D eigenvalue weighted by Crippen LogP contribution is -2.37. The molecule has 0 heterocycles. The van der Waals surface area contributed by atoms with Crippen molar-refractivity contribution < 1.29 is 28.7 Å². The van der Waals surface area contributed by atoms with Crippen LogP contribution in [0.1, 0.15) is 0 Å². The highest BCUT2D eigenvalue weighted by Gasteiger charge is 2.07. The van der Waals surface area contributed by atoms with Gasteiger partial charge in [-0.1, -0.05) is 0 Å². The lowest BCUT2D eigenvalue weighted by Gasteiger charge is -2.05. The van der Waals surface area contributed by atoms with E-state index in [-0.39, 0.29) is 13.2 Å². The van der Waals surface area contributed by atoms with Crippen LogP contribution in [0.4, 0.5) is 19.2 Å². The summed E-state index contributed by atoms with van der Waals surface area (Å²) in [4.78, 5) is 41.5. The summed E-state index contributed by atoms with van der Waals surface area (Å²) in [6.45, 7) is -0.628. The van der Waals surface area contributed by atoms with Crippen LogP contribution in [0.25, 0.3) is 0 Å². The van der Waals surface area contributed by atoms with Crippen LogP contribution in [-0.4, -0.2) is 37.5 Å². The zero-order chi connectivity index (χ0) is 12.6. The molecule has 0 atom stereocenters. The molecule has 0 fully saturated rings. The van der Waals surface area contributed by atoms with Gasteiger partial charge >= 0.3 is 24.2 Å². The van der Waals surface area contributed by atoms with Crippen molar-refractivity contribution in [2.45, 2.75) is 0 Å². The van der Waals surface area contributed by atoms with Crippen LogP contribution in [0.3, 0.4) is 0 Å². The first kappa shape index (κ1) is 13.5. The summed E-state index contributed by atoms with van der Waals surface area (Å²) >= 11 is 0. The number of alkyl carbamates (subject to hydrolysis) is 2. The minimum absolute atomic E-state index is 0.314. The first-order valence-corrected chi connectivity index (χ1v) is 3.88. The molecule has 0 aromatic rings. The van der Waals surface area contributed by atoms with Gasteiger partial charge in [-0.15, -0.1) is 0 Å². The standard InChI is InChI=1S/C6H10N4O6/c7-3(11)9-5(13)15-1-2-16-6(14)10-4(8)12/h1-2H2,(H3,7,9,11,13)(H3,8,10,12,14). The van der Waals surface area contributed by atoms with Crippen LogP contribution in [0.2, 0.25) is 0 Å². The van der Waals surface area contributed by atoms with E-state index in [9.17, 15) is 19.2 Å². The van der Waals surface area contributed by atoms with Gasteiger partial charge in [0, 0.05) is 0 Å². The van der Waals surface area contributed by atoms with Crippen LogP contribution in [0, 0.1) is 0 Å². The molecule has 6 amide bonds. The molecule has 0 saturated carbocycles. The molecule has 0 aliphatic rings. The zero-order valence-corrected chi connectivity index (χ0v) is 8.02. The summed E-state index contributed by atoms with van der Waals surface area (Å²) in [5.41, 5.74) is 9.21. The third-order valence-corrected chi connectivity index (χ3v) is 1.00. The monoisotopic (exact) mass is 234 g/mol. The van der Waals surface area contributed by atoms with Crippen LogP contribution < -0.4 is 22.1 Å². The summed E-state index contributed by atoms with van der Waals surface area (Å²) in [7, 11) is 0. The Balaban J connectivity index is 3.53. The molecule has 0 unspecified atom stereocenters. The lowest BCUT2D eigenvalue weighted by molar-refractivity contribution is 0.0979. The second kappa shape index (κ2) is 6.86. The maximum absolute atomic E-state index is 10.6. The van der Waals surface area contributed by atoms with Crippen molar-refractivity contribution in [1.29, 1.82) is 0 Å². The Labute approximate surface area is 89.2 Å². The van der Waals surface area contributed by atoms with Crippen LogP contribution in [0.15, 0.2) is 0 Å². The second-order valence-corrected chi connectivity index (χ2v) is 2.25. The molecule has 0 saturated heterocycles. The Morgan fingerprint density at radius 3 is 1.38 bits per heavy atom. The quantitative estimate of drug-likeness (QED) is 0.438. The molecule has 0 bridgehead atoms. The number of imide groups is 2. The third-order valence-electron chi connectivity index (χ3n) is 1.00. The Hall–Kier alpha value is -2.52. The van der Waals surface area contributed by atoms with Crippen LogP contribution in [0.5, 0.6) is 0 Å². The van der Waals surface area contributed by atoms with E-state index in [1.807, 2.05) is 0 Å². The summed E-state index contributed by atoms with van der Waals surface area (Å²) < 4.78 is 8.67. The predicted molar refractivity (Wildman–Crippen MR) is 48.1 cm³/mol. The fourth-order valence-corrected chi connectivity index (χ4v) is 0.542. The minimum atomic E-state index is -1.08. The van der Waals surface area contributed by atoms with Gasteiger partial charge in [0.1, 0.15) is 13.2 Å². The van der Waals surface area contributed by atoms with Gasteiger partial charge in [0.2, 0.25) is 0 Å². The fourth-order valence-electron chi connectivity index (χ4n) is 0.542. The van der Waals surface area contributed by atoms with Crippen molar-refractivity contribution in [2.24, 2.45) is 11.5 Å². The summed E-state index contributed by atoms with van der Waals surface area (Å²) in [6, 6.07) is -2.14. The number of amides is 6. The van der Waals surface area contributed by atoms with Crippen molar-refractivity contribution in [1.82, 2.24) is 10.6 Å². The Morgan fingerprint density at radius 1 is 0.812 bits per heavy atom. The van der Waals surface area contributed by atoms with Crippen molar-refractivity contribution in [3.63, 3.8) is 0 Å². The highest BCUT2D eigenvalue weighted by atomic mass is 16.6. The zero-order valence-electron chi connectivity index (χ0n) is 8.02. The summed E-state index contributed by atoms with van der Waals surface area (Å²) in [5, 5.41) is 3.22. The molecule has 0 rings (SSSR count). The Kier molecular flexibility index (Phi) is 5.78. The van der Waals surface area contributed by atoms with E-state index >= 15 is 0 Å². The average Bonchev–Trinajstić information content (AvgIpc) is 2.10. The number of nitrogens with one attached hydrogen (secondary N) is 2. The number of urea groups is 2. The molecule has 90 valence electrons. The Morgan fingerprint density at radius 2 is 1.12 bits per heavy atom. The van der Waals surface area contributed by atoms with Gasteiger partial charge in [0.15, 0.2) is 0 Å². The molecule has 10 nitrogen and oxygen atoms in total. The molecule has 0 aromatic carbocycles. The number of hydrogen-bond donors (Lipinski definition) is 4. The van der Waals surface area contributed by atoms with E-state index in [2.05, 4.69) is 20.9 Å². The number of rotatable bonds is 3. The number of hydrogen-bond acceptors (Lipinski definition) is 6. The van der Waals surface area contributed by atoms with E-state index < -0.39 is 24.2 Å². The SMILES string of the molecule is NC(=O)NC(=O)OCCOC(=O)NC(N)=O. The third kappa shape index (κ3) is 8.10. The van der Waals surface area contributed by atoms with E-state index in [1.54, 1.807) is 10.6 Å². The van der Waals surface area contributed by atoms with Crippen molar-refractivity contribution in [3.8, 4) is 0 Å². The van der Waals surface area contributed by atoms with E-state index in [0.717, 1.165) is 0 Å². The fraction of sp³-hybridized carbons (Fsp3) is 0.333. The van der Waals surface area contributed by atoms with Crippen LogP contribution >= 0.6 is 0 Å². The molecular formula is C6H10N4O6. The van der Waals surface area contributed by atoms with Gasteiger partial charge in [-0.05, 0) is 0 Å². The van der Waals surface area contributed by atoms with Gasteiger partial charge in [0.05, 0.1) is 0 Å². The first-order valence-electron chi connectivity index (χ1n) is 3.88. The molecular weight excluding hydrogens is 224 g/mol. The number of nitrogens with two attached hydrogens (primary N) is 2. The average molecular weight is 234 g/mol. The summed E-state index contributed by atoms with van der Waals surface area (Å²) in [6.07, 6.45) is -2.15. The van der Waals surface area contributed by atoms with Gasteiger partial charge in [0.25, 0.3) is 0 Å². The molecule has 0 aromatic heterocycles. The van der Waals surface area contributed by atoms with E-state index in [0.29, 0.717) is 0 Å². The lowest BCUT2D eigenvalue weighted by atomic mass is 10.7. The molecule has 0 radical (unpaired) electrons. The predicted octanol–water partition coefficient (Wildman–Crippen LogP) is -1.40. The van der Waals surface area contributed by atoms with E-state index in [4.69, 9.17) is 0 Å². The molecule has 10 heteroatoms. The first-order chi connectivity index (χ1) is 7.41. The van der Waals surface area contributed by atoms with Gasteiger partial charge < -0.3 is 20.9 Å².